The highest BCUT2D eigenvalue weighted by molar-refractivity contribution is 6.09. The van der Waals surface area contributed by atoms with Crippen LogP contribution in [0.25, 0.3) is 0 Å². The highest BCUT2D eigenvalue weighted by atomic mass is 16.5. The summed E-state index contributed by atoms with van der Waals surface area (Å²) in [6.07, 6.45) is -0.177. The molecule has 2 atom stereocenters. The second kappa shape index (κ2) is 7.30. The van der Waals surface area contributed by atoms with Gasteiger partial charge in [0.1, 0.15) is 11.4 Å². The van der Waals surface area contributed by atoms with Crippen LogP contribution in [0.5, 0.6) is 5.75 Å². The topological polar surface area (TPSA) is 72.8 Å². The molecule has 0 fully saturated rings. The molecule has 0 amide bonds. The number of aliphatic hydroxyl groups is 1. The lowest BCUT2D eigenvalue weighted by atomic mass is 9.81. The fourth-order valence-corrected chi connectivity index (χ4v) is 3.36. The van der Waals surface area contributed by atoms with Crippen molar-refractivity contribution in [2.45, 2.75) is 38.4 Å². The minimum absolute atomic E-state index is 0.148. The van der Waals surface area contributed by atoms with Gasteiger partial charge < -0.3 is 14.6 Å². The highest BCUT2D eigenvalue weighted by Crippen LogP contribution is 2.42. The molecule has 1 N–H and O–H groups in total. The summed E-state index contributed by atoms with van der Waals surface area (Å²) in [5.74, 6) is -0.138. The molecule has 1 aliphatic heterocycles. The van der Waals surface area contributed by atoms with Gasteiger partial charge in [-0.15, -0.1) is 0 Å². The van der Waals surface area contributed by atoms with Gasteiger partial charge >= 0.3 is 5.97 Å². The standard InChI is InChI=1S/C21H22O5/c1-3-25-19(22)13-21(24)12-14(2)26-18-10-9-16(11-17(18)21)20(23)15-7-5-4-6-8-15/h4-11,14,24H,3,12-13H2,1-2H3/t14-,21-/m1/s1. The van der Waals surface area contributed by atoms with Gasteiger partial charge in [0.05, 0.1) is 19.1 Å². The number of ether oxygens (including phenoxy) is 2. The molecule has 1 heterocycles. The number of ketones is 1. The summed E-state index contributed by atoms with van der Waals surface area (Å²) in [5, 5.41) is 11.2. The van der Waals surface area contributed by atoms with E-state index in [9.17, 15) is 14.7 Å². The van der Waals surface area contributed by atoms with Crippen molar-refractivity contribution >= 4 is 11.8 Å². The van der Waals surface area contributed by atoms with Gasteiger partial charge in [0, 0.05) is 23.1 Å². The van der Waals surface area contributed by atoms with Gasteiger partial charge in [-0.1, -0.05) is 30.3 Å². The van der Waals surface area contributed by atoms with E-state index in [1.165, 1.54) is 0 Å². The lowest BCUT2D eigenvalue weighted by molar-refractivity contribution is -0.151. The Hall–Kier alpha value is -2.66. The Labute approximate surface area is 152 Å². The second-order valence-electron chi connectivity index (χ2n) is 6.55. The average molecular weight is 354 g/mol. The van der Waals surface area contributed by atoms with Crippen molar-refractivity contribution in [2.75, 3.05) is 6.61 Å². The average Bonchev–Trinajstić information content (AvgIpc) is 2.61. The van der Waals surface area contributed by atoms with E-state index in [4.69, 9.17) is 9.47 Å². The molecule has 136 valence electrons. The van der Waals surface area contributed by atoms with Crippen LogP contribution in [0.4, 0.5) is 0 Å². The Morgan fingerprint density at radius 2 is 1.92 bits per heavy atom. The van der Waals surface area contributed by atoms with Crippen LogP contribution in [0.2, 0.25) is 0 Å². The Morgan fingerprint density at radius 1 is 1.19 bits per heavy atom. The third-order valence-corrected chi connectivity index (χ3v) is 4.47. The zero-order chi connectivity index (χ0) is 18.7. The van der Waals surface area contributed by atoms with Crippen LogP contribution in [0, 0.1) is 0 Å². The van der Waals surface area contributed by atoms with E-state index in [2.05, 4.69) is 0 Å². The lowest BCUT2D eigenvalue weighted by Gasteiger charge is -2.37. The van der Waals surface area contributed by atoms with E-state index in [1.54, 1.807) is 49.4 Å². The van der Waals surface area contributed by atoms with E-state index >= 15 is 0 Å². The van der Waals surface area contributed by atoms with E-state index in [0.29, 0.717) is 22.4 Å². The smallest absolute Gasteiger partial charge is 0.309 e. The summed E-state index contributed by atoms with van der Waals surface area (Å²) >= 11 is 0. The second-order valence-corrected chi connectivity index (χ2v) is 6.55. The van der Waals surface area contributed by atoms with Crippen molar-refractivity contribution < 1.29 is 24.2 Å². The van der Waals surface area contributed by atoms with Crippen LogP contribution in [0.1, 0.15) is 48.2 Å². The van der Waals surface area contributed by atoms with E-state index in [1.807, 2.05) is 13.0 Å². The molecule has 0 bridgehead atoms. The zero-order valence-electron chi connectivity index (χ0n) is 14.9. The molecule has 5 nitrogen and oxygen atoms in total. The van der Waals surface area contributed by atoms with Gasteiger partial charge in [0.15, 0.2) is 5.78 Å². The molecule has 0 spiro atoms. The maximum absolute atomic E-state index is 12.7. The number of benzene rings is 2. The highest BCUT2D eigenvalue weighted by Gasteiger charge is 2.41. The van der Waals surface area contributed by atoms with Gasteiger partial charge in [0.2, 0.25) is 0 Å². The van der Waals surface area contributed by atoms with E-state index < -0.39 is 11.6 Å². The molecular formula is C21H22O5. The van der Waals surface area contributed by atoms with Gasteiger partial charge in [0.25, 0.3) is 0 Å². The first-order valence-electron chi connectivity index (χ1n) is 8.72. The quantitative estimate of drug-likeness (QED) is 0.659. The van der Waals surface area contributed by atoms with Crippen molar-refractivity contribution in [3.8, 4) is 5.75 Å². The van der Waals surface area contributed by atoms with Crippen LogP contribution in [0.15, 0.2) is 48.5 Å². The minimum Gasteiger partial charge on any atom is -0.490 e. The number of carbonyl (C=O) groups is 2. The van der Waals surface area contributed by atoms with Crippen molar-refractivity contribution in [1.82, 2.24) is 0 Å². The molecule has 26 heavy (non-hydrogen) atoms. The molecule has 2 aromatic carbocycles. The minimum atomic E-state index is -1.42. The molecule has 2 aromatic rings. The zero-order valence-corrected chi connectivity index (χ0v) is 14.9. The molecule has 0 aliphatic carbocycles. The molecule has 3 rings (SSSR count). The molecule has 0 saturated carbocycles. The number of fused-ring (bicyclic) bond motifs is 1. The summed E-state index contributed by atoms with van der Waals surface area (Å²) in [6, 6.07) is 13.9. The molecular weight excluding hydrogens is 332 g/mol. The fraction of sp³-hybridized carbons (Fsp3) is 0.333. The van der Waals surface area contributed by atoms with E-state index in [-0.39, 0.29) is 31.3 Å². The van der Waals surface area contributed by atoms with Gasteiger partial charge in [-0.05, 0) is 32.0 Å². The van der Waals surface area contributed by atoms with Crippen LogP contribution in [-0.4, -0.2) is 29.6 Å². The first-order chi connectivity index (χ1) is 12.4. The summed E-state index contributed by atoms with van der Waals surface area (Å²) in [5.41, 5.74) is 0.0268. The van der Waals surface area contributed by atoms with Gasteiger partial charge in [-0.2, -0.15) is 0 Å². The third-order valence-electron chi connectivity index (χ3n) is 4.47. The Bertz CT molecular complexity index is 814. The lowest BCUT2D eigenvalue weighted by Crippen LogP contribution is -2.39. The van der Waals surface area contributed by atoms with Gasteiger partial charge in [-0.3, -0.25) is 9.59 Å². The maximum atomic E-state index is 12.7. The van der Waals surface area contributed by atoms with Gasteiger partial charge in [-0.25, -0.2) is 0 Å². The molecule has 5 heteroatoms. The largest absolute Gasteiger partial charge is 0.490 e. The number of hydrogen-bond donors (Lipinski definition) is 1. The Balaban J connectivity index is 1.98. The SMILES string of the molecule is CCOC(=O)C[C@]1(O)C[C@@H](C)Oc2ccc(C(=O)c3ccccc3)cc21. The molecule has 0 aromatic heterocycles. The number of hydrogen-bond acceptors (Lipinski definition) is 5. The normalized spacial score (nSPS) is 21.4. The van der Waals surface area contributed by atoms with Crippen molar-refractivity contribution in [1.29, 1.82) is 0 Å². The number of rotatable bonds is 5. The predicted octanol–water partition coefficient (Wildman–Crippen LogP) is 3.23. The molecule has 1 aliphatic rings. The first-order valence-corrected chi connectivity index (χ1v) is 8.72. The predicted molar refractivity (Wildman–Crippen MR) is 96.2 cm³/mol. The molecule has 0 radical (unpaired) electrons. The van der Waals surface area contributed by atoms with Crippen molar-refractivity contribution in [3.05, 3.63) is 65.2 Å². The summed E-state index contributed by atoms with van der Waals surface area (Å²) in [7, 11) is 0. The number of carbonyl (C=O) groups excluding carboxylic acids is 2. The summed E-state index contributed by atoms with van der Waals surface area (Å²) < 4.78 is 10.8. The van der Waals surface area contributed by atoms with Crippen molar-refractivity contribution in [2.24, 2.45) is 0 Å². The summed E-state index contributed by atoms with van der Waals surface area (Å²) in [6.45, 7) is 3.81. The van der Waals surface area contributed by atoms with Crippen LogP contribution >= 0.6 is 0 Å². The third kappa shape index (κ3) is 3.63. The maximum Gasteiger partial charge on any atom is 0.309 e. The van der Waals surface area contributed by atoms with Crippen LogP contribution in [0.3, 0.4) is 0 Å². The Kier molecular flexibility index (Phi) is 5.09. The van der Waals surface area contributed by atoms with Crippen molar-refractivity contribution in [3.63, 3.8) is 0 Å². The van der Waals surface area contributed by atoms with E-state index in [0.717, 1.165) is 0 Å². The summed E-state index contributed by atoms with van der Waals surface area (Å²) in [4.78, 5) is 24.7. The van der Waals surface area contributed by atoms with Crippen LogP contribution in [-0.2, 0) is 15.1 Å². The monoisotopic (exact) mass is 354 g/mol. The number of esters is 1. The molecule has 0 unspecified atom stereocenters. The fourth-order valence-electron chi connectivity index (χ4n) is 3.36. The molecule has 0 saturated heterocycles. The first kappa shape index (κ1) is 18.1. The van der Waals surface area contributed by atoms with Crippen LogP contribution < -0.4 is 4.74 Å². The Morgan fingerprint density at radius 3 is 2.62 bits per heavy atom.